The van der Waals surface area contributed by atoms with Crippen molar-refractivity contribution in [2.45, 2.75) is 39.3 Å². The second-order valence-electron chi connectivity index (χ2n) is 5.76. The van der Waals surface area contributed by atoms with E-state index in [2.05, 4.69) is 23.3 Å². The number of hydrogen-bond donors (Lipinski definition) is 1. The maximum absolute atomic E-state index is 11.6. The maximum atomic E-state index is 11.6. The quantitative estimate of drug-likeness (QED) is 0.807. The fraction of sp³-hybridized carbons (Fsp3) is 0.667. The summed E-state index contributed by atoms with van der Waals surface area (Å²) in [5, 5.41) is 3.37. The number of pyridine rings is 1. The van der Waals surface area contributed by atoms with Gasteiger partial charge in [-0.25, -0.2) is 13.4 Å². The zero-order chi connectivity index (χ0) is 15.5. The van der Waals surface area contributed by atoms with Crippen molar-refractivity contribution in [1.29, 1.82) is 0 Å². The molecule has 2 rings (SSSR count). The molecule has 2 heterocycles. The Morgan fingerprint density at radius 2 is 2.19 bits per heavy atom. The van der Waals surface area contributed by atoms with E-state index < -0.39 is 9.84 Å². The molecule has 1 aliphatic rings. The van der Waals surface area contributed by atoms with Gasteiger partial charge in [0.1, 0.15) is 5.82 Å². The van der Waals surface area contributed by atoms with Crippen molar-refractivity contribution in [2.24, 2.45) is 0 Å². The van der Waals surface area contributed by atoms with Crippen LogP contribution in [-0.4, -0.2) is 44.5 Å². The Bertz CT molecular complexity index is 587. The Morgan fingerprint density at radius 1 is 1.43 bits per heavy atom. The number of rotatable bonds is 6. The van der Waals surface area contributed by atoms with Crippen molar-refractivity contribution in [1.82, 2.24) is 10.3 Å². The minimum atomic E-state index is -2.86. The molecule has 1 N–H and O–H groups in total. The summed E-state index contributed by atoms with van der Waals surface area (Å²) in [7, 11) is -0.928. The van der Waals surface area contributed by atoms with Gasteiger partial charge in [0.2, 0.25) is 0 Å². The molecule has 1 aromatic rings. The summed E-state index contributed by atoms with van der Waals surface area (Å²) >= 11 is 0. The standard InChI is InChI=1S/C15H25N3O2S/c1-4-8-16-10-13-5-6-15(17-12(13)2)18(3)14-7-9-21(19,20)11-14/h5-6,14,16H,4,7-11H2,1-3H3. The van der Waals surface area contributed by atoms with Crippen LogP contribution in [0.1, 0.15) is 31.0 Å². The molecule has 0 spiro atoms. The Hall–Kier alpha value is -1.14. The molecule has 1 saturated heterocycles. The molecule has 118 valence electrons. The molecule has 1 fully saturated rings. The number of aryl methyl sites for hydroxylation is 1. The second-order valence-corrected chi connectivity index (χ2v) is 7.99. The molecule has 0 saturated carbocycles. The summed E-state index contributed by atoms with van der Waals surface area (Å²) in [4.78, 5) is 6.64. The monoisotopic (exact) mass is 311 g/mol. The summed E-state index contributed by atoms with van der Waals surface area (Å²) in [5.74, 6) is 1.39. The summed E-state index contributed by atoms with van der Waals surface area (Å²) < 4.78 is 23.2. The summed E-state index contributed by atoms with van der Waals surface area (Å²) in [5.41, 5.74) is 2.20. The van der Waals surface area contributed by atoms with Crippen molar-refractivity contribution >= 4 is 15.7 Å². The normalized spacial score (nSPS) is 20.6. The molecule has 5 nitrogen and oxygen atoms in total. The van der Waals surface area contributed by atoms with E-state index in [0.717, 1.165) is 31.0 Å². The van der Waals surface area contributed by atoms with Gasteiger partial charge in [-0.1, -0.05) is 13.0 Å². The number of anilines is 1. The molecule has 6 heteroatoms. The van der Waals surface area contributed by atoms with Gasteiger partial charge in [0.15, 0.2) is 9.84 Å². The number of sulfone groups is 1. The summed E-state index contributed by atoms with van der Waals surface area (Å²) in [6.45, 7) is 5.98. The topological polar surface area (TPSA) is 62.3 Å². The Balaban J connectivity index is 2.05. The highest BCUT2D eigenvalue weighted by molar-refractivity contribution is 7.91. The SMILES string of the molecule is CCCNCc1ccc(N(C)C2CCS(=O)(=O)C2)nc1C. The van der Waals surface area contributed by atoms with Gasteiger partial charge in [0, 0.05) is 25.3 Å². The van der Waals surface area contributed by atoms with Gasteiger partial charge in [-0.15, -0.1) is 0 Å². The van der Waals surface area contributed by atoms with Gasteiger partial charge in [0.05, 0.1) is 11.5 Å². The van der Waals surface area contributed by atoms with E-state index in [1.165, 1.54) is 5.56 Å². The van der Waals surface area contributed by atoms with E-state index >= 15 is 0 Å². The molecular weight excluding hydrogens is 286 g/mol. The van der Waals surface area contributed by atoms with Crippen molar-refractivity contribution in [3.05, 3.63) is 23.4 Å². The van der Waals surface area contributed by atoms with Crippen LogP contribution in [0.2, 0.25) is 0 Å². The molecule has 0 bridgehead atoms. The Kier molecular flexibility index (Phi) is 5.22. The lowest BCUT2D eigenvalue weighted by atomic mass is 10.2. The highest BCUT2D eigenvalue weighted by Crippen LogP contribution is 2.22. The molecule has 0 aliphatic carbocycles. The van der Waals surface area contributed by atoms with Crippen LogP contribution in [0.4, 0.5) is 5.82 Å². The van der Waals surface area contributed by atoms with Crippen molar-refractivity contribution in [3.63, 3.8) is 0 Å². The highest BCUT2D eigenvalue weighted by Gasteiger charge is 2.31. The zero-order valence-electron chi connectivity index (χ0n) is 13.1. The van der Waals surface area contributed by atoms with Crippen molar-refractivity contribution < 1.29 is 8.42 Å². The molecule has 0 radical (unpaired) electrons. The lowest BCUT2D eigenvalue weighted by molar-refractivity contribution is 0.600. The molecule has 1 aliphatic heterocycles. The Labute approximate surface area is 127 Å². The first kappa shape index (κ1) is 16.2. The number of nitrogens with one attached hydrogen (secondary N) is 1. The van der Waals surface area contributed by atoms with Crippen molar-refractivity contribution in [2.75, 3.05) is 30.0 Å². The number of hydrogen-bond acceptors (Lipinski definition) is 5. The van der Waals surface area contributed by atoms with Gasteiger partial charge >= 0.3 is 0 Å². The number of nitrogens with zero attached hydrogens (tertiary/aromatic N) is 2. The van der Waals surface area contributed by atoms with Crippen LogP contribution >= 0.6 is 0 Å². The summed E-state index contributed by atoms with van der Waals surface area (Å²) in [6, 6.07) is 4.12. The molecule has 21 heavy (non-hydrogen) atoms. The first-order valence-electron chi connectivity index (χ1n) is 7.53. The molecule has 1 unspecified atom stereocenters. The van der Waals surface area contributed by atoms with E-state index in [9.17, 15) is 8.42 Å². The first-order chi connectivity index (χ1) is 9.93. The zero-order valence-corrected chi connectivity index (χ0v) is 13.9. The van der Waals surface area contributed by atoms with E-state index in [-0.39, 0.29) is 11.8 Å². The predicted molar refractivity (Wildman–Crippen MR) is 86.4 cm³/mol. The fourth-order valence-electron chi connectivity index (χ4n) is 2.63. The van der Waals surface area contributed by atoms with Crippen LogP contribution in [0.15, 0.2) is 12.1 Å². The van der Waals surface area contributed by atoms with Gasteiger partial charge in [-0.2, -0.15) is 0 Å². The van der Waals surface area contributed by atoms with Crippen LogP contribution in [0.3, 0.4) is 0 Å². The fourth-order valence-corrected chi connectivity index (χ4v) is 4.40. The average Bonchev–Trinajstić information content (AvgIpc) is 2.80. The minimum absolute atomic E-state index is 0.0472. The molecule has 1 atom stereocenters. The lowest BCUT2D eigenvalue weighted by Crippen LogP contribution is -2.33. The van der Waals surface area contributed by atoms with Crippen LogP contribution in [-0.2, 0) is 16.4 Å². The number of aromatic nitrogens is 1. The molecular formula is C15H25N3O2S. The van der Waals surface area contributed by atoms with Gasteiger partial charge in [0.25, 0.3) is 0 Å². The predicted octanol–water partition coefficient (Wildman–Crippen LogP) is 1.51. The average molecular weight is 311 g/mol. The molecule has 0 aromatic carbocycles. The van der Waals surface area contributed by atoms with E-state index in [0.29, 0.717) is 12.2 Å². The second kappa shape index (κ2) is 6.75. The van der Waals surface area contributed by atoms with E-state index in [1.807, 2.05) is 24.9 Å². The minimum Gasteiger partial charge on any atom is -0.356 e. The van der Waals surface area contributed by atoms with Gasteiger partial charge < -0.3 is 10.2 Å². The Morgan fingerprint density at radius 3 is 2.76 bits per heavy atom. The van der Waals surface area contributed by atoms with Gasteiger partial charge in [-0.3, -0.25) is 0 Å². The summed E-state index contributed by atoms with van der Waals surface area (Å²) in [6.07, 6.45) is 1.81. The van der Waals surface area contributed by atoms with E-state index in [4.69, 9.17) is 0 Å². The largest absolute Gasteiger partial charge is 0.356 e. The van der Waals surface area contributed by atoms with E-state index in [1.54, 1.807) is 0 Å². The maximum Gasteiger partial charge on any atom is 0.152 e. The van der Waals surface area contributed by atoms with Crippen LogP contribution in [0.5, 0.6) is 0 Å². The molecule has 0 amide bonds. The van der Waals surface area contributed by atoms with Gasteiger partial charge in [-0.05, 0) is 37.9 Å². The smallest absolute Gasteiger partial charge is 0.152 e. The first-order valence-corrected chi connectivity index (χ1v) is 9.35. The van der Waals surface area contributed by atoms with Crippen LogP contribution in [0.25, 0.3) is 0 Å². The van der Waals surface area contributed by atoms with Crippen molar-refractivity contribution in [3.8, 4) is 0 Å². The third-order valence-corrected chi connectivity index (χ3v) is 5.79. The third kappa shape index (κ3) is 4.17. The lowest BCUT2D eigenvalue weighted by Gasteiger charge is -2.25. The van der Waals surface area contributed by atoms with Crippen LogP contribution < -0.4 is 10.2 Å². The highest BCUT2D eigenvalue weighted by atomic mass is 32.2. The molecule has 1 aromatic heterocycles. The third-order valence-electron chi connectivity index (χ3n) is 4.04. The van der Waals surface area contributed by atoms with Crippen LogP contribution in [0, 0.1) is 6.92 Å².